The zero-order valence-electron chi connectivity index (χ0n) is 12.6. The van der Waals surface area contributed by atoms with Gasteiger partial charge in [-0.2, -0.15) is 0 Å². The second-order valence-corrected chi connectivity index (χ2v) is 5.47. The molecule has 5 nitrogen and oxygen atoms in total. The van der Waals surface area contributed by atoms with E-state index in [9.17, 15) is 9.59 Å². The van der Waals surface area contributed by atoms with Gasteiger partial charge in [0.1, 0.15) is 5.69 Å². The van der Waals surface area contributed by atoms with Crippen LogP contribution in [0.25, 0.3) is 0 Å². The first-order valence-electron chi connectivity index (χ1n) is 7.66. The van der Waals surface area contributed by atoms with Crippen LogP contribution in [0.3, 0.4) is 0 Å². The van der Waals surface area contributed by atoms with Crippen molar-refractivity contribution in [2.75, 3.05) is 19.6 Å². The van der Waals surface area contributed by atoms with Gasteiger partial charge in [0.2, 0.25) is 5.91 Å². The average molecular weight is 289 g/mol. The van der Waals surface area contributed by atoms with Gasteiger partial charge < -0.3 is 10.2 Å². The lowest BCUT2D eigenvalue weighted by atomic mass is 10.2. The molecule has 0 spiro atoms. The first kappa shape index (κ1) is 15.5. The number of pyridine rings is 1. The van der Waals surface area contributed by atoms with E-state index in [1.165, 1.54) is 0 Å². The molecule has 114 valence electrons. The number of amides is 2. The van der Waals surface area contributed by atoms with Crippen molar-refractivity contribution in [3.05, 3.63) is 29.6 Å². The summed E-state index contributed by atoms with van der Waals surface area (Å²) in [6.07, 6.45) is 4.68. The highest BCUT2D eigenvalue weighted by molar-refractivity contribution is 5.92. The topological polar surface area (TPSA) is 62.3 Å². The molecule has 1 aliphatic rings. The van der Waals surface area contributed by atoms with E-state index in [0.717, 1.165) is 44.5 Å². The molecule has 1 aromatic rings. The molecule has 21 heavy (non-hydrogen) atoms. The number of rotatable bonds is 5. The summed E-state index contributed by atoms with van der Waals surface area (Å²) in [5, 5.41) is 2.86. The molecular weight excluding hydrogens is 266 g/mol. The van der Waals surface area contributed by atoms with Crippen LogP contribution in [-0.2, 0) is 4.79 Å². The quantitative estimate of drug-likeness (QED) is 0.842. The van der Waals surface area contributed by atoms with Gasteiger partial charge in [-0.15, -0.1) is 0 Å². The average Bonchev–Trinajstić information content (AvgIpc) is 2.68. The van der Waals surface area contributed by atoms with Crippen LogP contribution in [-0.4, -0.2) is 41.3 Å². The Balaban J connectivity index is 1.71. The standard InChI is InChI=1S/C16H23N3O2/c1-13-7-5-8-14(18-13)16(21)17-10-6-12-19-11-4-2-3-9-15(19)20/h5,7-8H,2-4,6,9-12H2,1H3,(H,17,21). The van der Waals surface area contributed by atoms with Crippen LogP contribution in [0.4, 0.5) is 0 Å². The molecule has 0 saturated carbocycles. The van der Waals surface area contributed by atoms with Gasteiger partial charge in [-0.1, -0.05) is 12.5 Å². The number of aromatic nitrogens is 1. The SMILES string of the molecule is Cc1cccc(C(=O)NCCCN2CCCCCC2=O)n1. The predicted octanol–water partition coefficient (Wildman–Crippen LogP) is 1.91. The Kier molecular flexibility index (Phi) is 5.72. The third-order valence-electron chi connectivity index (χ3n) is 3.68. The summed E-state index contributed by atoms with van der Waals surface area (Å²) in [5.41, 5.74) is 1.28. The number of likely N-dealkylation sites (tertiary alicyclic amines) is 1. The molecular formula is C16H23N3O2. The van der Waals surface area contributed by atoms with E-state index in [1.54, 1.807) is 6.07 Å². The minimum absolute atomic E-state index is 0.152. The van der Waals surface area contributed by atoms with E-state index >= 15 is 0 Å². The lowest BCUT2D eigenvalue weighted by molar-refractivity contribution is -0.130. The summed E-state index contributed by atoms with van der Waals surface area (Å²) in [7, 11) is 0. The van der Waals surface area contributed by atoms with Gasteiger partial charge in [0.05, 0.1) is 0 Å². The van der Waals surface area contributed by atoms with Crippen molar-refractivity contribution < 1.29 is 9.59 Å². The van der Waals surface area contributed by atoms with Crippen molar-refractivity contribution in [1.82, 2.24) is 15.2 Å². The van der Waals surface area contributed by atoms with E-state index in [4.69, 9.17) is 0 Å². The fraction of sp³-hybridized carbons (Fsp3) is 0.562. The maximum absolute atomic E-state index is 11.9. The highest BCUT2D eigenvalue weighted by atomic mass is 16.2. The van der Waals surface area contributed by atoms with Gasteiger partial charge in [-0.05, 0) is 38.3 Å². The minimum Gasteiger partial charge on any atom is -0.351 e. The van der Waals surface area contributed by atoms with Crippen LogP contribution in [0.1, 0.15) is 48.3 Å². The number of hydrogen-bond donors (Lipinski definition) is 1. The molecule has 0 aliphatic carbocycles. The van der Waals surface area contributed by atoms with Gasteiger partial charge in [0, 0.05) is 31.7 Å². The largest absolute Gasteiger partial charge is 0.351 e. The summed E-state index contributed by atoms with van der Waals surface area (Å²) in [5.74, 6) is 0.0973. The van der Waals surface area contributed by atoms with Crippen molar-refractivity contribution in [3.8, 4) is 0 Å². The van der Waals surface area contributed by atoms with E-state index in [-0.39, 0.29) is 11.8 Å². The molecule has 0 aromatic carbocycles. The number of carbonyl (C=O) groups excluding carboxylic acids is 2. The third-order valence-corrected chi connectivity index (χ3v) is 3.68. The molecule has 1 N–H and O–H groups in total. The summed E-state index contributed by atoms with van der Waals surface area (Å²) in [6.45, 7) is 4.01. The smallest absolute Gasteiger partial charge is 0.269 e. The Labute approximate surface area is 125 Å². The minimum atomic E-state index is -0.152. The van der Waals surface area contributed by atoms with Gasteiger partial charge >= 0.3 is 0 Å². The van der Waals surface area contributed by atoms with Gasteiger partial charge in [0.25, 0.3) is 5.91 Å². The Bertz CT molecular complexity index is 502. The van der Waals surface area contributed by atoms with Crippen LogP contribution in [0.15, 0.2) is 18.2 Å². The van der Waals surface area contributed by atoms with Crippen LogP contribution < -0.4 is 5.32 Å². The molecule has 1 saturated heterocycles. The molecule has 2 amide bonds. The molecule has 2 rings (SSSR count). The second-order valence-electron chi connectivity index (χ2n) is 5.47. The summed E-state index contributed by atoms with van der Waals surface area (Å²) in [6, 6.07) is 5.40. The van der Waals surface area contributed by atoms with Crippen molar-refractivity contribution in [3.63, 3.8) is 0 Å². The van der Waals surface area contributed by atoms with E-state index in [0.29, 0.717) is 18.7 Å². The predicted molar refractivity (Wildman–Crippen MR) is 81.0 cm³/mol. The van der Waals surface area contributed by atoms with Gasteiger partial charge in [0.15, 0.2) is 0 Å². The van der Waals surface area contributed by atoms with Gasteiger partial charge in [-0.3, -0.25) is 9.59 Å². The number of aryl methyl sites for hydroxylation is 1. The molecule has 2 heterocycles. The van der Waals surface area contributed by atoms with Crippen LogP contribution >= 0.6 is 0 Å². The molecule has 5 heteroatoms. The van der Waals surface area contributed by atoms with Crippen molar-refractivity contribution >= 4 is 11.8 Å². The zero-order chi connectivity index (χ0) is 15.1. The Morgan fingerprint density at radius 1 is 1.33 bits per heavy atom. The first-order valence-corrected chi connectivity index (χ1v) is 7.66. The van der Waals surface area contributed by atoms with Crippen LogP contribution in [0, 0.1) is 6.92 Å². The highest BCUT2D eigenvalue weighted by Crippen LogP contribution is 2.11. The number of carbonyl (C=O) groups is 2. The molecule has 0 atom stereocenters. The molecule has 0 radical (unpaired) electrons. The summed E-state index contributed by atoms with van der Waals surface area (Å²) >= 11 is 0. The van der Waals surface area contributed by atoms with E-state index in [2.05, 4.69) is 10.3 Å². The molecule has 1 aromatic heterocycles. The van der Waals surface area contributed by atoms with Crippen molar-refractivity contribution in [1.29, 1.82) is 0 Å². The van der Waals surface area contributed by atoms with Gasteiger partial charge in [-0.25, -0.2) is 4.98 Å². The van der Waals surface area contributed by atoms with Crippen molar-refractivity contribution in [2.45, 2.75) is 39.0 Å². The molecule has 0 unspecified atom stereocenters. The number of nitrogens with zero attached hydrogens (tertiary/aromatic N) is 2. The lowest BCUT2D eigenvalue weighted by Gasteiger charge is -2.20. The Hall–Kier alpha value is -1.91. The second kappa shape index (κ2) is 7.76. The normalized spacial score (nSPS) is 15.7. The maximum Gasteiger partial charge on any atom is 0.269 e. The maximum atomic E-state index is 11.9. The summed E-state index contributed by atoms with van der Waals surface area (Å²) < 4.78 is 0. The zero-order valence-corrected chi connectivity index (χ0v) is 12.6. The third kappa shape index (κ3) is 4.85. The van der Waals surface area contributed by atoms with Crippen molar-refractivity contribution in [2.24, 2.45) is 0 Å². The number of hydrogen-bond acceptors (Lipinski definition) is 3. The molecule has 1 fully saturated rings. The van der Waals surface area contributed by atoms with Crippen LogP contribution in [0.2, 0.25) is 0 Å². The first-order chi connectivity index (χ1) is 10.2. The fourth-order valence-electron chi connectivity index (χ4n) is 2.51. The highest BCUT2D eigenvalue weighted by Gasteiger charge is 2.15. The Morgan fingerprint density at radius 2 is 2.19 bits per heavy atom. The fourth-order valence-corrected chi connectivity index (χ4v) is 2.51. The lowest BCUT2D eigenvalue weighted by Crippen LogP contribution is -2.34. The van der Waals surface area contributed by atoms with E-state index in [1.807, 2.05) is 24.0 Å². The molecule has 1 aliphatic heterocycles. The monoisotopic (exact) mass is 289 g/mol. The number of nitrogens with one attached hydrogen (secondary N) is 1. The molecule has 0 bridgehead atoms. The van der Waals surface area contributed by atoms with Crippen LogP contribution in [0.5, 0.6) is 0 Å². The summed E-state index contributed by atoms with van der Waals surface area (Å²) in [4.78, 5) is 29.9. The Morgan fingerprint density at radius 3 is 3.00 bits per heavy atom. The van der Waals surface area contributed by atoms with E-state index < -0.39 is 0 Å².